The third-order valence-electron chi connectivity index (χ3n) is 5.49. The van der Waals surface area contributed by atoms with Gasteiger partial charge in [0.1, 0.15) is 5.92 Å². The monoisotopic (exact) mass is 416 g/mol. The van der Waals surface area contributed by atoms with E-state index in [2.05, 4.69) is 4.98 Å². The molecule has 0 bridgehead atoms. The third kappa shape index (κ3) is 3.03. The topological polar surface area (TPSA) is 106 Å². The fourth-order valence-electron chi connectivity index (χ4n) is 4.09. The van der Waals surface area contributed by atoms with Crippen LogP contribution in [0.3, 0.4) is 0 Å². The number of hydrogen-bond acceptors (Lipinski definition) is 7. The van der Waals surface area contributed by atoms with Gasteiger partial charge in [-0.2, -0.15) is 0 Å². The number of anilines is 2. The van der Waals surface area contributed by atoms with Crippen molar-refractivity contribution >= 4 is 28.9 Å². The van der Waals surface area contributed by atoms with Crippen LogP contribution in [-0.2, 0) is 14.4 Å². The summed E-state index contributed by atoms with van der Waals surface area (Å²) in [6.45, 7) is 0. The molecule has 3 unspecified atom stereocenters. The van der Waals surface area contributed by atoms with Gasteiger partial charge in [0.25, 0.3) is 11.6 Å². The second-order valence-corrected chi connectivity index (χ2v) is 7.22. The normalized spacial score (nSPS) is 22.6. The number of hydroxylamine groups is 1. The van der Waals surface area contributed by atoms with Crippen LogP contribution >= 0.6 is 0 Å². The lowest BCUT2D eigenvalue weighted by atomic mass is 9.91. The summed E-state index contributed by atoms with van der Waals surface area (Å²) in [6, 6.07) is 17.6. The van der Waals surface area contributed by atoms with E-state index in [0.29, 0.717) is 0 Å². The highest BCUT2D eigenvalue weighted by molar-refractivity contribution is 6.23. The number of non-ortho nitro benzene ring substituents is 1. The molecule has 2 aromatic carbocycles. The molecule has 3 heterocycles. The third-order valence-corrected chi connectivity index (χ3v) is 5.49. The Kier molecular flexibility index (Phi) is 4.45. The van der Waals surface area contributed by atoms with E-state index in [9.17, 15) is 19.7 Å². The maximum atomic E-state index is 13.4. The molecule has 154 valence electrons. The van der Waals surface area contributed by atoms with Gasteiger partial charge in [0.2, 0.25) is 5.91 Å². The second kappa shape index (κ2) is 7.29. The van der Waals surface area contributed by atoms with Crippen molar-refractivity contribution < 1.29 is 19.3 Å². The first kappa shape index (κ1) is 18.9. The number of amides is 2. The van der Waals surface area contributed by atoms with Crippen LogP contribution in [0.15, 0.2) is 79.1 Å². The number of hydrogen-bond donors (Lipinski definition) is 0. The number of fused-ring (bicyclic) bond motifs is 1. The molecule has 0 saturated carbocycles. The number of nitro groups is 1. The van der Waals surface area contributed by atoms with Gasteiger partial charge in [0.15, 0.2) is 6.10 Å². The fraction of sp³-hybridized carbons (Fsp3) is 0.136. The van der Waals surface area contributed by atoms with E-state index in [4.69, 9.17) is 4.84 Å². The molecule has 31 heavy (non-hydrogen) atoms. The summed E-state index contributed by atoms with van der Waals surface area (Å²) in [4.78, 5) is 48.1. The van der Waals surface area contributed by atoms with Gasteiger partial charge in [0, 0.05) is 24.5 Å². The van der Waals surface area contributed by atoms with Crippen LogP contribution in [0.4, 0.5) is 17.1 Å². The summed E-state index contributed by atoms with van der Waals surface area (Å²) in [5.74, 6) is -1.68. The van der Waals surface area contributed by atoms with Crippen LogP contribution in [-0.4, -0.2) is 27.8 Å². The molecule has 3 aromatic rings. The average Bonchev–Trinajstić information content (AvgIpc) is 3.31. The van der Waals surface area contributed by atoms with E-state index in [0.717, 1.165) is 16.2 Å². The average molecular weight is 416 g/mol. The zero-order valence-corrected chi connectivity index (χ0v) is 16.1. The molecular formula is C22H16N4O5. The van der Waals surface area contributed by atoms with Crippen molar-refractivity contribution in [2.45, 2.75) is 12.1 Å². The van der Waals surface area contributed by atoms with Crippen molar-refractivity contribution in [1.29, 1.82) is 0 Å². The molecule has 0 radical (unpaired) electrons. The Balaban J connectivity index is 1.54. The molecule has 2 amide bonds. The van der Waals surface area contributed by atoms with E-state index in [1.165, 1.54) is 24.3 Å². The minimum Gasteiger partial charge on any atom is -0.273 e. The van der Waals surface area contributed by atoms with Crippen LogP contribution < -0.4 is 9.96 Å². The summed E-state index contributed by atoms with van der Waals surface area (Å²) in [5, 5.41) is 12.5. The van der Waals surface area contributed by atoms with Crippen LogP contribution in [0.5, 0.6) is 0 Å². The zero-order valence-electron chi connectivity index (χ0n) is 16.1. The number of benzene rings is 2. The van der Waals surface area contributed by atoms with E-state index in [1.54, 1.807) is 29.6 Å². The molecule has 2 aliphatic heterocycles. The Hall–Kier alpha value is -4.11. The maximum Gasteiger partial charge on any atom is 0.269 e. The number of nitrogens with zero attached hydrogens (tertiary/aromatic N) is 4. The summed E-state index contributed by atoms with van der Waals surface area (Å²) in [5.41, 5.74) is 1.67. The minimum atomic E-state index is -0.999. The van der Waals surface area contributed by atoms with Gasteiger partial charge in [-0.15, -0.1) is 0 Å². The highest BCUT2D eigenvalue weighted by Crippen LogP contribution is 2.47. The van der Waals surface area contributed by atoms with Gasteiger partial charge in [-0.25, -0.2) is 9.96 Å². The number of pyridine rings is 1. The Morgan fingerprint density at radius 1 is 0.871 bits per heavy atom. The zero-order chi connectivity index (χ0) is 21.5. The first-order valence-corrected chi connectivity index (χ1v) is 9.59. The van der Waals surface area contributed by atoms with Gasteiger partial charge < -0.3 is 0 Å². The van der Waals surface area contributed by atoms with Crippen molar-refractivity contribution in [1.82, 2.24) is 4.98 Å². The summed E-state index contributed by atoms with van der Waals surface area (Å²) >= 11 is 0. The molecule has 0 aliphatic carbocycles. The number of carbonyl (C=O) groups is 2. The van der Waals surface area contributed by atoms with E-state index in [1.807, 2.05) is 30.3 Å². The molecule has 2 aliphatic rings. The van der Waals surface area contributed by atoms with Gasteiger partial charge >= 0.3 is 0 Å². The van der Waals surface area contributed by atoms with E-state index >= 15 is 0 Å². The molecule has 0 spiro atoms. The highest BCUT2D eigenvalue weighted by atomic mass is 16.7. The molecule has 3 atom stereocenters. The lowest BCUT2D eigenvalue weighted by Gasteiger charge is -2.28. The lowest BCUT2D eigenvalue weighted by Crippen LogP contribution is -2.37. The van der Waals surface area contributed by atoms with Gasteiger partial charge in [-0.1, -0.05) is 18.2 Å². The first-order valence-electron chi connectivity index (χ1n) is 9.59. The molecule has 1 aromatic heterocycles. The van der Waals surface area contributed by atoms with E-state index < -0.39 is 34.8 Å². The standard InChI is InChI=1S/C22H16N4O5/c27-21-18-19(14-10-12-23-13-11-14)25(16-4-2-1-3-5-16)31-20(18)22(28)24(21)15-6-8-17(9-7-15)26(29)30/h1-13,18-20H. The predicted octanol–water partition coefficient (Wildman–Crippen LogP) is 3.04. The van der Waals surface area contributed by atoms with Crippen LogP contribution in [0.2, 0.25) is 0 Å². The summed E-state index contributed by atoms with van der Waals surface area (Å²) in [6.07, 6.45) is 2.25. The molecular weight excluding hydrogens is 400 g/mol. The highest BCUT2D eigenvalue weighted by Gasteiger charge is 2.60. The SMILES string of the molecule is O=C1C2ON(c3ccccc3)C(c3ccncc3)C2C(=O)N1c1ccc([N+](=O)[O-])cc1. The van der Waals surface area contributed by atoms with Crippen LogP contribution in [0.25, 0.3) is 0 Å². The summed E-state index contributed by atoms with van der Waals surface area (Å²) < 4.78 is 0. The quantitative estimate of drug-likeness (QED) is 0.366. The van der Waals surface area contributed by atoms with Gasteiger partial charge in [-0.3, -0.25) is 29.5 Å². The Morgan fingerprint density at radius 2 is 1.55 bits per heavy atom. The molecule has 5 rings (SSSR count). The molecule has 9 nitrogen and oxygen atoms in total. The predicted molar refractivity (Wildman–Crippen MR) is 110 cm³/mol. The number of imide groups is 1. The van der Waals surface area contributed by atoms with Gasteiger partial charge in [-0.05, 0) is 42.0 Å². The van der Waals surface area contributed by atoms with Crippen molar-refractivity contribution in [3.63, 3.8) is 0 Å². The van der Waals surface area contributed by atoms with Crippen molar-refractivity contribution in [2.75, 3.05) is 9.96 Å². The number of aromatic nitrogens is 1. The fourth-order valence-corrected chi connectivity index (χ4v) is 4.09. The number of rotatable bonds is 4. The van der Waals surface area contributed by atoms with Crippen LogP contribution in [0, 0.1) is 16.0 Å². The van der Waals surface area contributed by atoms with Crippen molar-refractivity contribution in [3.8, 4) is 0 Å². The van der Waals surface area contributed by atoms with E-state index in [-0.39, 0.29) is 11.4 Å². The largest absolute Gasteiger partial charge is 0.273 e. The number of para-hydroxylation sites is 1. The number of carbonyl (C=O) groups excluding carboxylic acids is 2. The molecule has 2 saturated heterocycles. The molecule has 2 fully saturated rings. The number of nitro benzene ring substituents is 1. The molecule has 0 N–H and O–H groups in total. The first-order chi connectivity index (χ1) is 15.1. The van der Waals surface area contributed by atoms with Crippen LogP contribution in [0.1, 0.15) is 11.6 Å². The molecule has 9 heteroatoms. The Bertz CT molecular complexity index is 1150. The van der Waals surface area contributed by atoms with Gasteiger partial charge in [0.05, 0.1) is 22.3 Å². The Morgan fingerprint density at radius 3 is 2.19 bits per heavy atom. The van der Waals surface area contributed by atoms with Crippen molar-refractivity contribution in [2.24, 2.45) is 5.92 Å². The minimum absolute atomic E-state index is 0.121. The summed E-state index contributed by atoms with van der Waals surface area (Å²) in [7, 11) is 0. The maximum absolute atomic E-state index is 13.4. The Labute approximate surface area is 176 Å². The second-order valence-electron chi connectivity index (χ2n) is 7.22. The smallest absolute Gasteiger partial charge is 0.269 e. The van der Waals surface area contributed by atoms with Crippen molar-refractivity contribution in [3.05, 3.63) is 94.8 Å². The lowest BCUT2D eigenvalue weighted by molar-refractivity contribution is -0.384.